The van der Waals surface area contributed by atoms with Gasteiger partial charge >= 0.3 is 0 Å². The SMILES string of the molecule is C=CN(C)c1cc(F)c(C#Cc2[nH]nc3ccnc(N)c23)cc1C. The molecule has 6 heteroatoms. The number of hydrogen-bond donors (Lipinski definition) is 2. The molecule has 3 aromatic rings. The van der Waals surface area contributed by atoms with Crippen molar-refractivity contribution >= 4 is 22.4 Å². The first-order chi connectivity index (χ1) is 11.5. The lowest BCUT2D eigenvalue weighted by molar-refractivity contribution is 0.624. The van der Waals surface area contributed by atoms with Crippen molar-refractivity contribution in [2.45, 2.75) is 6.92 Å². The summed E-state index contributed by atoms with van der Waals surface area (Å²) < 4.78 is 14.3. The Morgan fingerprint density at radius 1 is 1.38 bits per heavy atom. The Kier molecular flexibility index (Phi) is 3.92. The Labute approximate surface area is 139 Å². The van der Waals surface area contributed by atoms with Crippen LogP contribution in [0, 0.1) is 24.6 Å². The van der Waals surface area contributed by atoms with E-state index in [4.69, 9.17) is 5.73 Å². The number of rotatable bonds is 2. The molecule has 5 nitrogen and oxygen atoms in total. The number of nitrogens with zero attached hydrogens (tertiary/aromatic N) is 3. The Balaban J connectivity index is 2.05. The number of fused-ring (bicyclic) bond motifs is 1. The van der Waals surface area contributed by atoms with Gasteiger partial charge in [-0.25, -0.2) is 9.37 Å². The molecule has 2 heterocycles. The number of anilines is 2. The van der Waals surface area contributed by atoms with E-state index in [9.17, 15) is 4.39 Å². The van der Waals surface area contributed by atoms with E-state index in [-0.39, 0.29) is 0 Å². The number of halogens is 1. The smallest absolute Gasteiger partial charge is 0.140 e. The molecule has 3 N–H and O–H groups in total. The van der Waals surface area contributed by atoms with Gasteiger partial charge in [-0.1, -0.05) is 12.5 Å². The van der Waals surface area contributed by atoms with Crippen LogP contribution in [0.3, 0.4) is 0 Å². The van der Waals surface area contributed by atoms with Gasteiger partial charge in [0.05, 0.1) is 16.5 Å². The van der Waals surface area contributed by atoms with Gasteiger partial charge < -0.3 is 10.6 Å². The molecule has 0 spiro atoms. The summed E-state index contributed by atoms with van der Waals surface area (Å²) in [6.07, 6.45) is 3.20. The lowest BCUT2D eigenvalue weighted by atomic mass is 10.1. The maximum atomic E-state index is 14.3. The number of hydrogen-bond acceptors (Lipinski definition) is 4. The van der Waals surface area contributed by atoms with Crippen LogP contribution < -0.4 is 10.6 Å². The van der Waals surface area contributed by atoms with E-state index in [1.54, 1.807) is 29.4 Å². The molecular weight excluding hydrogens is 305 g/mol. The molecule has 24 heavy (non-hydrogen) atoms. The van der Waals surface area contributed by atoms with Crippen LogP contribution in [0.2, 0.25) is 0 Å². The monoisotopic (exact) mass is 321 g/mol. The first-order valence-corrected chi connectivity index (χ1v) is 7.27. The van der Waals surface area contributed by atoms with Crippen molar-refractivity contribution < 1.29 is 4.39 Å². The molecule has 0 bridgehead atoms. The third kappa shape index (κ3) is 2.68. The van der Waals surface area contributed by atoms with Gasteiger partial charge in [-0.15, -0.1) is 0 Å². The fourth-order valence-corrected chi connectivity index (χ4v) is 2.45. The summed E-state index contributed by atoms with van der Waals surface area (Å²) in [7, 11) is 1.81. The van der Waals surface area contributed by atoms with Gasteiger partial charge in [0, 0.05) is 18.9 Å². The number of aryl methyl sites for hydroxylation is 1. The van der Waals surface area contributed by atoms with Gasteiger partial charge in [0.1, 0.15) is 17.3 Å². The molecule has 120 valence electrons. The summed E-state index contributed by atoms with van der Waals surface area (Å²) in [5, 5.41) is 7.57. The largest absolute Gasteiger partial charge is 0.383 e. The van der Waals surface area contributed by atoms with E-state index in [0.29, 0.717) is 28.0 Å². The zero-order chi connectivity index (χ0) is 17.3. The standard InChI is InChI=1S/C18H16FN5/c1-4-24(3)16-10-13(19)12(9-11(16)2)5-6-14-17-15(23-22-14)7-8-21-18(17)20/h4,7-10H,1H2,2-3H3,(H2,20,21)(H,22,23). The highest BCUT2D eigenvalue weighted by atomic mass is 19.1. The molecule has 0 atom stereocenters. The van der Waals surface area contributed by atoms with Gasteiger partial charge in [-0.2, -0.15) is 5.10 Å². The van der Waals surface area contributed by atoms with Crippen LogP contribution in [-0.4, -0.2) is 22.2 Å². The number of aromatic nitrogens is 3. The summed E-state index contributed by atoms with van der Waals surface area (Å²) in [4.78, 5) is 5.78. The highest BCUT2D eigenvalue weighted by molar-refractivity contribution is 5.92. The molecule has 2 aromatic heterocycles. The number of nitrogens with one attached hydrogen (secondary N) is 1. The zero-order valence-corrected chi connectivity index (χ0v) is 13.4. The van der Waals surface area contributed by atoms with Crippen LogP contribution in [0.5, 0.6) is 0 Å². The van der Waals surface area contributed by atoms with Crippen LogP contribution in [0.4, 0.5) is 15.9 Å². The van der Waals surface area contributed by atoms with Gasteiger partial charge in [-0.3, -0.25) is 5.10 Å². The van der Waals surface area contributed by atoms with Crippen molar-refractivity contribution in [3.05, 3.63) is 59.8 Å². The van der Waals surface area contributed by atoms with Gasteiger partial charge in [0.2, 0.25) is 0 Å². The molecule has 0 amide bonds. The minimum absolute atomic E-state index is 0.305. The van der Waals surface area contributed by atoms with Crippen molar-refractivity contribution in [3.63, 3.8) is 0 Å². The molecular formula is C18H16FN5. The van der Waals surface area contributed by atoms with Crippen molar-refractivity contribution in [3.8, 4) is 11.8 Å². The van der Waals surface area contributed by atoms with Crippen molar-refractivity contribution in [2.75, 3.05) is 17.7 Å². The summed E-state index contributed by atoms with van der Waals surface area (Å²) >= 11 is 0. The van der Waals surface area contributed by atoms with E-state index >= 15 is 0 Å². The number of nitrogen functional groups attached to an aromatic ring is 1. The minimum Gasteiger partial charge on any atom is -0.383 e. The molecule has 0 saturated carbocycles. The van der Waals surface area contributed by atoms with Gasteiger partial charge in [-0.05, 0) is 42.8 Å². The molecule has 0 radical (unpaired) electrons. The van der Waals surface area contributed by atoms with Crippen LogP contribution >= 0.6 is 0 Å². The normalized spacial score (nSPS) is 10.3. The second kappa shape index (κ2) is 6.05. The highest BCUT2D eigenvalue weighted by Crippen LogP contribution is 2.23. The third-order valence-electron chi connectivity index (χ3n) is 3.76. The molecule has 3 rings (SSSR count). The summed E-state index contributed by atoms with van der Waals surface area (Å²) in [5.74, 6) is 5.67. The second-order valence-electron chi connectivity index (χ2n) is 5.35. The molecule has 0 unspecified atom stereocenters. The number of benzene rings is 1. The number of aromatic amines is 1. The predicted molar refractivity (Wildman–Crippen MR) is 94.0 cm³/mol. The summed E-state index contributed by atoms with van der Waals surface area (Å²) in [6.45, 7) is 5.58. The summed E-state index contributed by atoms with van der Waals surface area (Å²) in [5.41, 5.74) is 9.00. The molecule has 0 aliphatic carbocycles. The maximum absolute atomic E-state index is 14.3. The van der Waals surface area contributed by atoms with E-state index in [2.05, 4.69) is 33.6 Å². The van der Waals surface area contributed by atoms with Crippen molar-refractivity contribution in [1.29, 1.82) is 0 Å². The molecule has 0 fully saturated rings. The Bertz CT molecular complexity index is 994. The minimum atomic E-state index is -0.397. The quantitative estimate of drug-likeness (QED) is 0.712. The fourth-order valence-electron chi connectivity index (χ4n) is 2.45. The Morgan fingerprint density at radius 3 is 2.92 bits per heavy atom. The fraction of sp³-hybridized carbons (Fsp3) is 0.111. The topological polar surface area (TPSA) is 70.8 Å². The second-order valence-corrected chi connectivity index (χ2v) is 5.35. The first kappa shape index (κ1) is 15.6. The van der Waals surface area contributed by atoms with Crippen molar-refractivity contribution in [1.82, 2.24) is 15.2 Å². The van der Waals surface area contributed by atoms with Crippen LogP contribution in [0.25, 0.3) is 10.9 Å². The summed E-state index contributed by atoms with van der Waals surface area (Å²) in [6, 6.07) is 4.89. The van der Waals surface area contributed by atoms with Gasteiger partial charge in [0.25, 0.3) is 0 Å². The van der Waals surface area contributed by atoms with E-state index < -0.39 is 5.82 Å². The lowest BCUT2D eigenvalue weighted by Crippen LogP contribution is -2.09. The average Bonchev–Trinajstić information content (AvgIpc) is 2.99. The Morgan fingerprint density at radius 2 is 2.17 bits per heavy atom. The third-order valence-corrected chi connectivity index (χ3v) is 3.76. The van der Waals surface area contributed by atoms with E-state index in [1.165, 1.54) is 6.07 Å². The average molecular weight is 321 g/mol. The molecule has 0 aliphatic rings. The molecule has 1 aromatic carbocycles. The van der Waals surface area contributed by atoms with E-state index in [1.807, 2.05) is 14.0 Å². The zero-order valence-electron chi connectivity index (χ0n) is 13.4. The predicted octanol–water partition coefficient (Wildman–Crippen LogP) is 2.97. The molecule has 0 aliphatic heterocycles. The van der Waals surface area contributed by atoms with Crippen LogP contribution in [-0.2, 0) is 0 Å². The van der Waals surface area contributed by atoms with Crippen molar-refractivity contribution in [2.24, 2.45) is 0 Å². The van der Waals surface area contributed by atoms with Gasteiger partial charge in [0.15, 0.2) is 0 Å². The molecule has 0 saturated heterocycles. The van der Waals surface area contributed by atoms with Crippen LogP contribution in [0.15, 0.2) is 37.2 Å². The lowest BCUT2D eigenvalue weighted by Gasteiger charge is -2.16. The maximum Gasteiger partial charge on any atom is 0.140 e. The highest BCUT2D eigenvalue weighted by Gasteiger charge is 2.09. The Hall–Kier alpha value is -3.33. The van der Waals surface area contributed by atoms with Crippen LogP contribution in [0.1, 0.15) is 16.8 Å². The number of nitrogens with two attached hydrogens (primary N) is 1. The number of pyridine rings is 1. The van der Waals surface area contributed by atoms with E-state index in [0.717, 1.165) is 11.3 Å². The number of H-pyrrole nitrogens is 1. The first-order valence-electron chi connectivity index (χ1n) is 7.27.